The van der Waals surface area contributed by atoms with Gasteiger partial charge in [0.05, 0.1) is 18.3 Å². The van der Waals surface area contributed by atoms with Crippen molar-refractivity contribution in [2.24, 2.45) is 0 Å². The molecule has 28 heavy (non-hydrogen) atoms. The van der Waals surface area contributed by atoms with Gasteiger partial charge in [0.1, 0.15) is 11.6 Å². The number of benzene rings is 1. The van der Waals surface area contributed by atoms with Crippen LogP contribution in [-0.2, 0) is 11.2 Å². The number of nitrogens with one attached hydrogen (secondary N) is 1. The van der Waals surface area contributed by atoms with E-state index in [0.29, 0.717) is 5.69 Å². The number of hydrogen-bond acceptors (Lipinski definition) is 4. The van der Waals surface area contributed by atoms with E-state index in [9.17, 15) is 9.18 Å². The van der Waals surface area contributed by atoms with E-state index in [0.717, 1.165) is 43.6 Å². The maximum atomic E-state index is 12.9. The number of carbonyl (C=O) groups excluding carboxylic acids is 1. The molecule has 2 fully saturated rings. The number of anilines is 2. The molecule has 1 aliphatic carbocycles. The van der Waals surface area contributed by atoms with E-state index in [4.69, 9.17) is 0 Å². The Morgan fingerprint density at radius 1 is 1.04 bits per heavy atom. The highest BCUT2D eigenvalue weighted by Crippen LogP contribution is 2.25. The molecular weight excluding hydrogens is 355 g/mol. The highest BCUT2D eigenvalue weighted by Gasteiger charge is 2.26. The van der Waals surface area contributed by atoms with Crippen molar-refractivity contribution in [2.45, 2.75) is 38.1 Å². The smallest absolute Gasteiger partial charge is 0.228 e. The number of rotatable bonds is 5. The van der Waals surface area contributed by atoms with Gasteiger partial charge < -0.3 is 10.2 Å². The van der Waals surface area contributed by atoms with Gasteiger partial charge in [-0.25, -0.2) is 9.37 Å². The molecule has 148 valence electrons. The molecule has 2 heterocycles. The second-order valence-electron chi connectivity index (χ2n) is 7.72. The first-order chi connectivity index (χ1) is 13.7. The Hall–Kier alpha value is -2.47. The Balaban J connectivity index is 1.28. The van der Waals surface area contributed by atoms with Crippen molar-refractivity contribution in [3.8, 4) is 0 Å². The molecule has 1 amide bonds. The van der Waals surface area contributed by atoms with Crippen LogP contribution in [0.2, 0.25) is 0 Å². The van der Waals surface area contributed by atoms with E-state index >= 15 is 0 Å². The van der Waals surface area contributed by atoms with Crippen molar-refractivity contribution in [2.75, 3.05) is 36.4 Å². The van der Waals surface area contributed by atoms with Crippen LogP contribution < -0.4 is 10.2 Å². The fourth-order valence-corrected chi connectivity index (χ4v) is 4.23. The topological polar surface area (TPSA) is 48.5 Å². The molecule has 1 aliphatic heterocycles. The van der Waals surface area contributed by atoms with Crippen LogP contribution in [0.4, 0.5) is 15.9 Å². The minimum Gasteiger partial charge on any atom is -0.354 e. The number of nitrogens with zero attached hydrogens (tertiary/aromatic N) is 3. The molecule has 0 bridgehead atoms. The zero-order valence-corrected chi connectivity index (χ0v) is 16.1. The van der Waals surface area contributed by atoms with Gasteiger partial charge in [0, 0.05) is 32.2 Å². The summed E-state index contributed by atoms with van der Waals surface area (Å²) in [5.74, 6) is 0.530. The second kappa shape index (κ2) is 8.69. The van der Waals surface area contributed by atoms with Crippen LogP contribution in [0.25, 0.3) is 0 Å². The SMILES string of the molecule is O=C(Cc1ccc(F)cc1)Nc1ccc(N2CCN(C3CCCC3)CC2)nc1. The summed E-state index contributed by atoms with van der Waals surface area (Å²) in [5.41, 5.74) is 1.46. The molecule has 1 aromatic carbocycles. The van der Waals surface area contributed by atoms with Crippen LogP contribution in [-0.4, -0.2) is 48.0 Å². The molecule has 0 radical (unpaired) electrons. The zero-order valence-electron chi connectivity index (χ0n) is 16.1. The van der Waals surface area contributed by atoms with Gasteiger partial charge in [-0.3, -0.25) is 9.69 Å². The predicted molar refractivity (Wildman–Crippen MR) is 109 cm³/mol. The molecule has 4 rings (SSSR count). The number of amides is 1. The Morgan fingerprint density at radius 3 is 2.39 bits per heavy atom. The molecule has 1 aromatic heterocycles. The van der Waals surface area contributed by atoms with Crippen molar-refractivity contribution in [1.82, 2.24) is 9.88 Å². The number of halogens is 1. The summed E-state index contributed by atoms with van der Waals surface area (Å²) >= 11 is 0. The molecule has 2 aliphatic rings. The average Bonchev–Trinajstić information content (AvgIpc) is 3.25. The number of carbonyl (C=O) groups is 1. The molecule has 0 unspecified atom stereocenters. The lowest BCUT2D eigenvalue weighted by Crippen LogP contribution is -2.49. The Morgan fingerprint density at radius 2 is 1.75 bits per heavy atom. The number of hydrogen-bond donors (Lipinski definition) is 1. The quantitative estimate of drug-likeness (QED) is 0.860. The van der Waals surface area contributed by atoms with E-state index in [2.05, 4.69) is 20.1 Å². The van der Waals surface area contributed by atoms with E-state index < -0.39 is 0 Å². The van der Waals surface area contributed by atoms with Gasteiger partial charge in [0.15, 0.2) is 0 Å². The third kappa shape index (κ3) is 4.68. The van der Waals surface area contributed by atoms with Gasteiger partial charge in [-0.05, 0) is 42.7 Å². The Labute approximate surface area is 165 Å². The van der Waals surface area contributed by atoms with Crippen LogP contribution in [0.3, 0.4) is 0 Å². The average molecular weight is 382 g/mol. The van der Waals surface area contributed by atoms with Crippen LogP contribution in [0.5, 0.6) is 0 Å². The van der Waals surface area contributed by atoms with Gasteiger partial charge in [-0.2, -0.15) is 0 Å². The summed E-state index contributed by atoms with van der Waals surface area (Å²) in [4.78, 5) is 21.7. The molecule has 5 nitrogen and oxygen atoms in total. The first kappa shape index (κ1) is 18.9. The van der Waals surface area contributed by atoms with Crippen molar-refractivity contribution >= 4 is 17.4 Å². The molecule has 0 spiro atoms. The molecule has 1 N–H and O–H groups in total. The lowest BCUT2D eigenvalue weighted by atomic mass is 10.1. The van der Waals surface area contributed by atoms with Crippen LogP contribution in [0.15, 0.2) is 42.6 Å². The highest BCUT2D eigenvalue weighted by molar-refractivity contribution is 5.92. The zero-order chi connectivity index (χ0) is 19.3. The van der Waals surface area contributed by atoms with Crippen molar-refractivity contribution in [1.29, 1.82) is 0 Å². The standard InChI is InChI=1S/C22H27FN4O/c23-18-7-5-17(6-8-18)15-22(28)25-19-9-10-21(24-16-19)27-13-11-26(12-14-27)20-3-1-2-4-20/h5-10,16,20H,1-4,11-15H2,(H,25,28). The third-order valence-electron chi connectivity index (χ3n) is 5.79. The summed E-state index contributed by atoms with van der Waals surface area (Å²) in [7, 11) is 0. The molecule has 2 aromatic rings. The molecule has 1 saturated carbocycles. The van der Waals surface area contributed by atoms with Gasteiger partial charge in [-0.1, -0.05) is 25.0 Å². The first-order valence-electron chi connectivity index (χ1n) is 10.2. The fraction of sp³-hybridized carbons (Fsp3) is 0.455. The first-order valence-corrected chi connectivity index (χ1v) is 10.2. The lowest BCUT2D eigenvalue weighted by Gasteiger charge is -2.38. The Bertz CT molecular complexity index is 779. The molecular formula is C22H27FN4O. The van der Waals surface area contributed by atoms with E-state index in [1.807, 2.05) is 12.1 Å². The van der Waals surface area contributed by atoms with Gasteiger partial charge >= 0.3 is 0 Å². The van der Waals surface area contributed by atoms with Crippen molar-refractivity contribution in [3.05, 3.63) is 54.0 Å². The summed E-state index contributed by atoms with van der Waals surface area (Å²) in [6.45, 7) is 4.20. The number of aromatic nitrogens is 1. The van der Waals surface area contributed by atoms with Crippen molar-refractivity contribution < 1.29 is 9.18 Å². The van der Waals surface area contributed by atoms with Crippen LogP contribution in [0.1, 0.15) is 31.2 Å². The summed E-state index contributed by atoms with van der Waals surface area (Å²) < 4.78 is 12.9. The lowest BCUT2D eigenvalue weighted by molar-refractivity contribution is -0.115. The normalized spacial score (nSPS) is 18.4. The van der Waals surface area contributed by atoms with Crippen molar-refractivity contribution in [3.63, 3.8) is 0 Å². The number of pyridine rings is 1. The predicted octanol–water partition coefficient (Wildman–Crippen LogP) is 3.47. The molecule has 0 atom stereocenters. The molecule has 1 saturated heterocycles. The van der Waals surface area contributed by atoms with Gasteiger partial charge in [0.2, 0.25) is 5.91 Å². The maximum absolute atomic E-state index is 12.9. The number of piperazine rings is 1. The third-order valence-corrected chi connectivity index (χ3v) is 5.79. The fourth-order valence-electron chi connectivity index (χ4n) is 4.23. The minimum atomic E-state index is -0.298. The largest absolute Gasteiger partial charge is 0.354 e. The van der Waals surface area contributed by atoms with Gasteiger partial charge in [-0.15, -0.1) is 0 Å². The summed E-state index contributed by atoms with van der Waals surface area (Å²) in [5, 5.41) is 2.86. The minimum absolute atomic E-state index is 0.133. The summed E-state index contributed by atoms with van der Waals surface area (Å²) in [6, 6.07) is 10.6. The second-order valence-corrected chi connectivity index (χ2v) is 7.72. The maximum Gasteiger partial charge on any atom is 0.228 e. The Kier molecular flexibility index (Phi) is 5.86. The van der Waals surface area contributed by atoms with Gasteiger partial charge in [0.25, 0.3) is 0 Å². The van der Waals surface area contributed by atoms with E-state index in [1.165, 1.54) is 37.8 Å². The van der Waals surface area contributed by atoms with Crippen LogP contribution >= 0.6 is 0 Å². The highest BCUT2D eigenvalue weighted by atomic mass is 19.1. The molecule has 6 heteroatoms. The van der Waals surface area contributed by atoms with E-state index in [1.54, 1.807) is 18.3 Å². The summed E-state index contributed by atoms with van der Waals surface area (Å²) in [6.07, 6.45) is 7.38. The monoisotopic (exact) mass is 382 g/mol. The van der Waals surface area contributed by atoms with E-state index in [-0.39, 0.29) is 18.1 Å². The van der Waals surface area contributed by atoms with Crippen LogP contribution in [0, 0.1) is 5.82 Å².